The summed E-state index contributed by atoms with van der Waals surface area (Å²) in [6.07, 6.45) is 0. The van der Waals surface area contributed by atoms with Gasteiger partial charge in [0, 0.05) is 42.7 Å². The van der Waals surface area contributed by atoms with Crippen LogP contribution in [0.25, 0.3) is 11.0 Å². The minimum Gasteiger partial charge on any atom is -0.484 e. The molecule has 33 heavy (non-hydrogen) atoms. The Morgan fingerprint density at radius 1 is 1.06 bits per heavy atom. The van der Waals surface area contributed by atoms with E-state index in [4.69, 9.17) is 32.4 Å². The first-order valence-electron chi connectivity index (χ1n) is 10.2. The van der Waals surface area contributed by atoms with Gasteiger partial charge in [-0.25, -0.2) is 14.2 Å². The molecule has 1 aliphatic rings. The number of piperazine rings is 1. The molecule has 11 heteroatoms. The summed E-state index contributed by atoms with van der Waals surface area (Å²) in [5.74, 6) is -0.157. The van der Waals surface area contributed by atoms with Crippen LogP contribution in [0.2, 0.25) is 10.0 Å². The van der Waals surface area contributed by atoms with Gasteiger partial charge in [0.05, 0.1) is 11.6 Å². The first-order chi connectivity index (χ1) is 15.9. The van der Waals surface area contributed by atoms with Gasteiger partial charge in [-0.05, 0) is 36.4 Å². The second-order valence-electron chi connectivity index (χ2n) is 7.43. The van der Waals surface area contributed by atoms with Crippen molar-refractivity contribution in [2.24, 2.45) is 0 Å². The van der Waals surface area contributed by atoms with Crippen LogP contribution in [0.1, 0.15) is 5.76 Å². The lowest BCUT2D eigenvalue weighted by Gasteiger charge is -2.34. The minimum absolute atomic E-state index is 0.0174. The number of hydrogen-bond acceptors (Lipinski definition) is 5. The summed E-state index contributed by atoms with van der Waals surface area (Å²) in [7, 11) is 0. The third kappa shape index (κ3) is 6.07. The number of nitrogens with zero attached hydrogens (tertiary/aromatic N) is 2. The molecule has 0 saturated carbocycles. The number of carbonyl (C=O) groups excluding carboxylic acids is 2. The molecule has 1 fully saturated rings. The summed E-state index contributed by atoms with van der Waals surface area (Å²) in [5, 5.41) is 6.03. The van der Waals surface area contributed by atoms with Crippen molar-refractivity contribution in [3.05, 3.63) is 64.1 Å². The van der Waals surface area contributed by atoms with Crippen molar-refractivity contribution < 1.29 is 23.1 Å². The zero-order valence-electron chi connectivity index (χ0n) is 17.4. The molecule has 0 aliphatic carbocycles. The number of hydrogen-bond donors (Lipinski definition) is 2. The van der Waals surface area contributed by atoms with E-state index in [9.17, 15) is 14.0 Å². The number of fused-ring (bicyclic) bond motifs is 1. The van der Waals surface area contributed by atoms with Crippen molar-refractivity contribution >= 4 is 46.1 Å². The normalized spacial score (nSPS) is 14.3. The van der Waals surface area contributed by atoms with Crippen LogP contribution in [0.4, 0.5) is 9.18 Å². The van der Waals surface area contributed by atoms with Crippen LogP contribution in [0.15, 0.2) is 46.9 Å². The Hall–Kier alpha value is -3.01. The molecular formula is C22H21Cl2FN4O4. The Balaban J connectivity index is 1.18. The molecule has 0 radical (unpaired) electrons. The zero-order valence-corrected chi connectivity index (χ0v) is 19.0. The average Bonchev–Trinajstić information content (AvgIpc) is 3.21. The molecular weight excluding hydrogens is 474 g/mol. The maximum Gasteiger partial charge on any atom is 0.317 e. The van der Waals surface area contributed by atoms with Gasteiger partial charge in [-0.2, -0.15) is 0 Å². The van der Waals surface area contributed by atoms with Gasteiger partial charge in [0.15, 0.2) is 6.61 Å². The van der Waals surface area contributed by atoms with Crippen molar-refractivity contribution in [1.82, 2.24) is 20.7 Å². The van der Waals surface area contributed by atoms with E-state index in [1.165, 1.54) is 12.1 Å². The average molecular weight is 495 g/mol. The Morgan fingerprint density at radius 2 is 1.85 bits per heavy atom. The Morgan fingerprint density at radius 3 is 2.61 bits per heavy atom. The number of halogens is 3. The van der Waals surface area contributed by atoms with E-state index in [0.29, 0.717) is 42.5 Å². The first kappa shape index (κ1) is 23.2. The Bertz CT molecular complexity index is 1160. The number of benzene rings is 2. The van der Waals surface area contributed by atoms with Gasteiger partial charge in [0.2, 0.25) is 0 Å². The van der Waals surface area contributed by atoms with Crippen LogP contribution in [-0.2, 0) is 11.3 Å². The number of urea groups is 1. The first-order valence-corrected chi connectivity index (χ1v) is 11.0. The predicted octanol–water partition coefficient (Wildman–Crippen LogP) is 3.82. The number of nitrogens with one attached hydrogen (secondary N) is 2. The molecule has 4 rings (SSSR count). The van der Waals surface area contributed by atoms with Crippen molar-refractivity contribution in [1.29, 1.82) is 0 Å². The lowest BCUT2D eigenvalue weighted by molar-refractivity contribution is -0.128. The maximum absolute atomic E-state index is 13.4. The summed E-state index contributed by atoms with van der Waals surface area (Å²) in [6.45, 7) is 1.77. The fraction of sp³-hybridized carbons (Fsp3) is 0.273. The van der Waals surface area contributed by atoms with Crippen LogP contribution in [-0.4, -0.2) is 54.6 Å². The fourth-order valence-electron chi connectivity index (χ4n) is 3.38. The topological polar surface area (TPSA) is 87.0 Å². The van der Waals surface area contributed by atoms with Gasteiger partial charge in [-0.1, -0.05) is 23.2 Å². The third-order valence-electron chi connectivity index (χ3n) is 5.05. The SMILES string of the molecule is O=C(COc1ccc(Cl)c(F)c1)NN1CCN(C(=O)NCc2cc3cc(Cl)ccc3o2)CC1. The molecule has 0 spiro atoms. The highest BCUT2D eigenvalue weighted by atomic mass is 35.5. The largest absolute Gasteiger partial charge is 0.484 e. The highest BCUT2D eigenvalue weighted by molar-refractivity contribution is 6.31. The van der Waals surface area contributed by atoms with Crippen molar-refractivity contribution in [2.45, 2.75) is 6.54 Å². The highest BCUT2D eigenvalue weighted by Crippen LogP contribution is 2.23. The molecule has 1 saturated heterocycles. The van der Waals surface area contributed by atoms with E-state index in [0.717, 1.165) is 11.5 Å². The van der Waals surface area contributed by atoms with E-state index >= 15 is 0 Å². The standard InChI is InChI=1S/C22H21Cl2FN4O4/c23-15-1-4-20-14(9-15)10-17(33-20)12-26-22(31)28-5-7-29(8-6-28)27-21(30)13-32-16-2-3-18(24)19(25)11-16/h1-4,9-11H,5-8,12-13H2,(H,26,31)(H,27,30). The zero-order chi connectivity index (χ0) is 23.4. The Labute approximate surface area is 199 Å². The fourth-order valence-corrected chi connectivity index (χ4v) is 3.67. The molecule has 1 aromatic heterocycles. The van der Waals surface area contributed by atoms with Crippen LogP contribution in [0.5, 0.6) is 5.75 Å². The lowest BCUT2D eigenvalue weighted by atomic mass is 10.2. The molecule has 8 nitrogen and oxygen atoms in total. The smallest absolute Gasteiger partial charge is 0.317 e. The molecule has 2 N–H and O–H groups in total. The Kier molecular flexibility index (Phi) is 7.22. The van der Waals surface area contributed by atoms with E-state index in [1.54, 1.807) is 28.1 Å². The van der Waals surface area contributed by atoms with Gasteiger partial charge in [-0.15, -0.1) is 0 Å². The number of furan rings is 1. The van der Waals surface area contributed by atoms with Gasteiger partial charge in [0.1, 0.15) is 22.9 Å². The number of carbonyl (C=O) groups is 2. The molecule has 174 valence electrons. The molecule has 0 unspecified atom stereocenters. The van der Waals surface area contributed by atoms with Crippen LogP contribution in [0.3, 0.4) is 0 Å². The molecule has 2 heterocycles. The van der Waals surface area contributed by atoms with E-state index in [2.05, 4.69) is 10.7 Å². The molecule has 1 aliphatic heterocycles. The van der Waals surface area contributed by atoms with E-state index in [-0.39, 0.29) is 35.9 Å². The molecule has 0 bridgehead atoms. The minimum atomic E-state index is -0.617. The summed E-state index contributed by atoms with van der Waals surface area (Å²) in [4.78, 5) is 26.2. The van der Waals surface area contributed by atoms with Crippen LogP contribution >= 0.6 is 23.2 Å². The van der Waals surface area contributed by atoms with Gasteiger partial charge in [-0.3, -0.25) is 10.2 Å². The number of amides is 3. The van der Waals surface area contributed by atoms with Gasteiger partial charge in [0.25, 0.3) is 5.91 Å². The molecule has 0 atom stereocenters. The van der Waals surface area contributed by atoms with Crippen LogP contribution < -0.4 is 15.5 Å². The summed E-state index contributed by atoms with van der Waals surface area (Å²) >= 11 is 11.6. The second kappa shape index (κ2) is 10.3. The second-order valence-corrected chi connectivity index (χ2v) is 8.27. The summed E-state index contributed by atoms with van der Waals surface area (Å²) < 4.78 is 24.4. The number of hydrazine groups is 1. The third-order valence-corrected chi connectivity index (χ3v) is 5.60. The molecule has 2 aromatic carbocycles. The van der Waals surface area contributed by atoms with Crippen molar-refractivity contribution in [3.63, 3.8) is 0 Å². The maximum atomic E-state index is 13.4. The summed E-state index contributed by atoms with van der Waals surface area (Å²) in [6, 6.07) is 10.9. The van der Waals surface area contributed by atoms with Crippen LogP contribution in [0, 0.1) is 5.82 Å². The lowest BCUT2D eigenvalue weighted by Crippen LogP contribution is -2.56. The summed E-state index contributed by atoms with van der Waals surface area (Å²) in [5.41, 5.74) is 3.42. The van der Waals surface area contributed by atoms with Gasteiger partial charge < -0.3 is 19.4 Å². The molecule has 3 aromatic rings. The van der Waals surface area contributed by atoms with Crippen molar-refractivity contribution in [3.8, 4) is 5.75 Å². The molecule has 3 amide bonds. The van der Waals surface area contributed by atoms with Crippen molar-refractivity contribution in [2.75, 3.05) is 32.8 Å². The monoisotopic (exact) mass is 494 g/mol. The van der Waals surface area contributed by atoms with Gasteiger partial charge >= 0.3 is 6.03 Å². The quantitative estimate of drug-likeness (QED) is 0.543. The highest BCUT2D eigenvalue weighted by Gasteiger charge is 2.22. The number of ether oxygens (including phenoxy) is 1. The predicted molar refractivity (Wildman–Crippen MR) is 122 cm³/mol. The van der Waals surface area contributed by atoms with E-state index < -0.39 is 5.82 Å². The number of rotatable bonds is 6. The van der Waals surface area contributed by atoms with E-state index in [1.807, 2.05) is 6.07 Å².